The van der Waals surface area contributed by atoms with Gasteiger partial charge in [0.15, 0.2) is 0 Å². The lowest BCUT2D eigenvalue weighted by molar-refractivity contribution is -0.132. The smallest absolute Gasteiger partial charge is 0.241 e. The van der Waals surface area contributed by atoms with Gasteiger partial charge in [-0.3, -0.25) is 4.79 Å². The standard InChI is InChI=1S/C19H26N2O4S2/c1-14-5-9-17(10-6-14)27(23,24)20-18(11-12-26-4)19(22)21(3)13-16-8-7-15(2)25-16/h5-10,18,20H,11-13H2,1-4H3. The zero-order chi connectivity index (χ0) is 20.0. The molecule has 0 saturated carbocycles. The second-order valence-electron chi connectivity index (χ2n) is 6.48. The maximum Gasteiger partial charge on any atom is 0.241 e. The Bertz CT molecular complexity index is 860. The van der Waals surface area contributed by atoms with E-state index in [0.717, 1.165) is 11.3 Å². The highest BCUT2D eigenvalue weighted by Gasteiger charge is 2.28. The number of sulfonamides is 1. The Balaban J connectivity index is 2.15. The normalized spacial score (nSPS) is 12.7. The minimum absolute atomic E-state index is 0.152. The van der Waals surface area contributed by atoms with Gasteiger partial charge < -0.3 is 9.32 Å². The summed E-state index contributed by atoms with van der Waals surface area (Å²) in [5.41, 5.74) is 0.970. The van der Waals surface area contributed by atoms with E-state index >= 15 is 0 Å². The molecule has 0 bridgehead atoms. The molecule has 0 radical (unpaired) electrons. The van der Waals surface area contributed by atoms with E-state index in [9.17, 15) is 13.2 Å². The van der Waals surface area contributed by atoms with Crippen molar-refractivity contribution in [3.05, 3.63) is 53.5 Å². The molecule has 1 aromatic heterocycles. The molecule has 1 atom stereocenters. The van der Waals surface area contributed by atoms with Gasteiger partial charge in [-0.05, 0) is 56.5 Å². The average molecular weight is 411 g/mol. The summed E-state index contributed by atoms with van der Waals surface area (Å²) in [6, 6.07) is 9.37. The van der Waals surface area contributed by atoms with Crippen LogP contribution in [0.25, 0.3) is 0 Å². The van der Waals surface area contributed by atoms with Crippen molar-refractivity contribution in [2.75, 3.05) is 19.1 Å². The summed E-state index contributed by atoms with van der Waals surface area (Å²) in [7, 11) is -2.14. The van der Waals surface area contributed by atoms with E-state index < -0.39 is 16.1 Å². The van der Waals surface area contributed by atoms with Gasteiger partial charge in [-0.25, -0.2) is 8.42 Å². The van der Waals surface area contributed by atoms with Crippen molar-refractivity contribution in [1.82, 2.24) is 9.62 Å². The third-order valence-electron chi connectivity index (χ3n) is 4.10. The van der Waals surface area contributed by atoms with Gasteiger partial charge in [-0.2, -0.15) is 16.5 Å². The molecule has 1 N–H and O–H groups in total. The van der Waals surface area contributed by atoms with Crippen LogP contribution in [0.2, 0.25) is 0 Å². The van der Waals surface area contributed by atoms with Gasteiger partial charge in [-0.15, -0.1) is 0 Å². The Morgan fingerprint density at radius 1 is 1.19 bits per heavy atom. The minimum Gasteiger partial charge on any atom is -0.464 e. The van der Waals surface area contributed by atoms with Crippen LogP contribution >= 0.6 is 11.8 Å². The van der Waals surface area contributed by atoms with E-state index in [0.29, 0.717) is 17.9 Å². The van der Waals surface area contributed by atoms with Crippen LogP contribution in [-0.4, -0.2) is 44.3 Å². The lowest BCUT2D eigenvalue weighted by Crippen LogP contribution is -2.47. The number of thioether (sulfide) groups is 1. The first-order valence-electron chi connectivity index (χ1n) is 8.61. The molecule has 0 fully saturated rings. The molecule has 0 aliphatic rings. The van der Waals surface area contributed by atoms with Crippen molar-refractivity contribution < 1.29 is 17.6 Å². The van der Waals surface area contributed by atoms with Gasteiger partial charge in [0.25, 0.3) is 0 Å². The largest absolute Gasteiger partial charge is 0.464 e. The quantitative estimate of drug-likeness (QED) is 0.687. The molecule has 1 aromatic carbocycles. The van der Waals surface area contributed by atoms with Crippen LogP contribution < -0.4 is 4.72 Å². The molecule has 6 nitrogen and oxygen atoms in total. The number of aryl methyl sites for hydroxylation is 2. The SMILES string of the molecule is CSCCC(NS(=O)(=O)c1ccc(C)cc1)C(=O)N(C)Cc1ccc(C)o1. The Hall–Kier alpha value is -1.77. The van der Waals surface area contributed by atoms with Crippen LogP contribution in [0.15, 0.2) is 45.7 Å². The molecule has 0 aliphatic heterocycles. The Labute approximate surface area is 165 Å². The summed E-state index contributed by atoms with van der Waals surface area (Å²) in [5, 5.41) is 0. The van der Waals surface area contributed by atoms with Crippen LogP contribution in [0.5, 0.6) is 0 Å². The predicted molar refractivity (Wildman–Crippen MR) is 108 cm³/mol. The number of rotatable bonds is 9. The van der Waals surface area contributed by atoms with Crippen LogP contribution in [0, 0.1) is 13.8 Å². The lowest BCUT2D eigenvalue weighted by atomic mass is 10.2. The number of hydrogen-bond donors (Lipinski definition) is 1. The first-order chi connectivity index (χ1) is 12.7. The third kappa shape index (κ3) is 6.12. The highest BCUT2D eigenvalue weighted by atomic mass is 32.2. The zero-order valence-electron chi connectivity index (χ0n) is 16.1. The molecule has 0 saturated heterocycles. The van der Waals surface area contributed by atoms with Gasteiger partial charge in [0, 0.05) is 7.05 Å². The fraction of sp³-hybridized carbons (Fsp3) is 0.421. The number of nitrogens with zero attached hydrogens (tertiary/aromatic N) is 1. The number of carbonyl (C=O) groups is 1. The van der Waals surface area contributed by atoms with Crippen molar-refractivity contribution in [3.8, 4) is 0 Å². The number of amides is 1. The molecule has 148 valence electrons. The molecule has 1 amide bonds. The number of nitrogens with one attached hydrogen (secondary N) is 1. The topological polar surface area (TPSA) is 79.6 Å². The average Bonchev–Trinajstić information content (AvgIpc) is 3.03. The first kappa shape index (κ1) is 21.5. The Kier molecular flexibility index (Phi) is 7.52. The summed E-state index contributed by atoms with van der Waals surface area (Å²) in [6.07, 6.45) is 2.33. The first-order valence-corrected chi connectivity index (χ1v) is 11.5. The summed E-state index contributed by atoms with van der Waals surface area (Å²) >= 11 is 1.57. The van der Waals surface area contributed by atoms with E-state index in [1.54, 1.807) is 43.1 Å². The van der Waals surface area contributed by atoms with Gasteiger partial charge >= 0.3 is 0 Å². The molecule has 8 heteroatoms. The molecular weight excluding hydrogens is 384 g/mol. The number of benzene rings is 1. The van der Waals surface area contributed by atoms with Gasteiger partial charge in [0.1, 0.15) is 17.6 Å². The van der Waals surface area contributed by atoms with E-state index in [1.165, 1.54) is 4.90 Å². The summed E-state index contributed by atoms with van der Waals surface area (Å²) in [4.78, 5) is 14.5. The summed E-state index contributed by atoms with van der Waals surface area (Å²) < 4.78 is 33.5. The highest BCUT2D eigenvalue weighted by Crippen LogP contribution is 2.15. The second kappa shape index (κ2) is 9.43. The van der Waals surface area contributed by atoms with Crippen molar-refractivity contribution in [2.45, 2.75) is 37.8 Å². The summed E-state index contributed by atoms with van der Waals surface area (Å²) in [6.45, 7) is 4.01. The van der Waals surface area contributed by atoms with E-state index in [2.05, 4.69) is 4.72 Å². The van der Waals surface area contributed by atoms with Crippen molar-refractivity contribution in [1.29, 1.82) is 0 Å². The number of likely N-dealkylation sites (N-methyl/N-ethyl adjacent to an activating group) is 1. The van der Waals surface area contributed by atoms with Gasteiger partial charge in [0.2, 0.25) is 15.9 Å². The molecule has 1 unspecified atom stereocenters. The van der Waals surface area contributed by atoms with Crippen molar-refractivity contribution in [2.24, 2.45) is 0 Å². The van der Waals surface area contributed by atoms with Crippen LogP contribution in [0.1, 0.15) is 23.5 Å². The number of carbonyl (C=O) groups excluding carboxylic acids is 1. The monoisotopic (exact) mass is 410 g/mol. The lowest BCUT2D eigenvalue weighted by Gasteiger charge is -2.24. The van der Waals surface area contributed by atoms with Crippen molar-refractivity contribution >= 4 is 27.7 Å². The van der Waals surface area contributed by atoms with Gasteiger partial charge in [0.05, 0.1) is 11.4 Å². The number of furan rings is 1. The van der Waals surface area contributed by atoms with E-state index in [-0.39, 0.29) is 17.3 Å². The maximum absolute atomic E-state index is 12.9. The second-order valence-corrected chi connectivity index (χ2v) is 9.17. The Morgan fingerprint density at radius 3 is 2.41 bits per heavy atom. The molecule has 27 heavy (non-hydrogen) atoms. The van der Waals surface area contributed by atoms with Gasteiger partial charge in [-0.1, -0.05) is 17.7 Å². The van der Waals surface area contributed by atoms with E-state index in [4.69, 9.17) is 4.42 Å². The van der Waals surface area contributed by atoms with Crippen molar-refractivity contribution in [3.63, 3.8) is 0 Å². The third-order valence-corrected chi connectivity index (χ3v) is 6.23. The van der Waals surface area contributed by atoms with Crippen LogP contribution in [0.3, 0.4) is 0 Å². The maximum atomic E-state index is 12.9. The van der Waals surface area contributed by atoms with Crippen LogP contribution in [0.4, 0.5) is 0 Å². The molecular formula is C19H26N2O4S2. The molecule has 0 aliphatic carbocycles. The fourth-order valence-corrected chi connectivity index (χ4v) is 4.28. The summed E-state index contributed by atoms with van der Waals surface area (Å²) in [5.74, 6) is 1.81. The molecule has 2 rings (SSSR count). The highest BCUT2D eigenvalue weighted by molar-refractivity contribution is 7.98. The molecule has 1 heterocycles. The zero-order valence-corrected chi connectivity index (χ0v) is 17.7. The minimum atomic E-state index is -3.78. The predicted octanol–water partition coefficient (Wildman–Crippen LogP) is 2.96. The van der Waals surface area contributed by atoms with E-state index in [1.807, 2.05) is 32.2 Å². The number of hydrogen-bond acceptors (Lipinski definition) is 5. The molecule has 0 spiro atoms. The Morgan fingerprint density at radius 2 is 1.85 bits per heavy atom. The molecule has 2 aromatic rings. The fourth-order valence-electron chi connectivity index (χ4n) is 2.59. The van der Waals surface area contributed by atoms with Crippen LogP contribution in [-0.2, 0) is 21.4 Å².